The van der Waals surface area contributed by atoms with Crippen LogP contribution in [0.15, 0.2) is 24.3 Å². The van der Waals surface area contributed by atoms with Crippen LogP contribution in [0, 0.1) is 16.0 Å². The van der Waals surface area contributed by atoms with Crippen molar-refractivity contribution in [3.8, 4) is 0 Å². The van der Waals surface area contributed by atoms with Crippen molar-refractivity contribution in [1.29, 1.82) is 0 Å². The molecule has 2 aliphatic rings. The molecule has 0 aromatic heterocycles. The molecule has 3 rings (SSSR count). The topological polar surface area (TPSA) is 105 Å². The first-order valence-corrected chi connectivity index (χ1v) is 9.10. The third-order valence-electron chi connectivity index (χ3n) is 5.13. The second kappa shape index (κ2) is 8.16. The van der Waals surface area contributed by atoms with Crippen LogP contribution in [-0.4, -0.2) is 47.3 Å². The molecule has 0 radical (unpaired) electrons. The summed E-state index contributed by atoms with van der Waals surface area (Å²) in [5, 5.41) is 16.6. The number of likely N-dealkylation sites (tertiary alicyclic amines) is 1. The predicted molar refractivity (Wildman–Crippen MR) is 96.7 cm³/mol. The smallest absolute Gasteiger partial charge is 0.269 e. The minimum atomic E-state index is -0.443. The van der Waals surface area contributed by atoms with E-state index in [1.807, 2.05) is 4.90 Å². The predicted octanol–water partition coefficient (Wildman–Crippen LogP) is 1.91. The molecule has 1 aliphatic heterocycles. The van der Waals surface area contributed by atoms with Gasteiger partial charge in [-0.05, 0) is 25.0 Å². The van der Waals surface area contributed by atoms with Gasteiger partial charge in [-0.1, -0.05) is 12.8 Å². The van der Waals surface area contributed by atoms with Crippen LogP contribution < -0.4 is 10.6 Å². The molecular weight excluding hydrogens is 336 g/mol. The van der Waals surface area contributed by atoms with Gasteiger partial charge in [0.1, 0.15) is 0 Å². The second-order valence-corrected chi connectivity index (χ2v) is 6.91. The molecule has 1 saturated heterocycles. The molecule has 26 heavy (non-hydrogen) atoms. The van der Waals surface area contributed by atoms with Gasteiger partial charge in [-0.2, -0.15) is 0 Å². The minimum Gasteiger partial charge on any atom is -0.383 e. The van der Waals surface area contributed by atoms with E-state index >= 15 is 0 Å². The standard InChI is InChI=1S/C18H24N4O4/c23-17-11-13(12-21(17)15-3-1-2-4-15)18(24)20-10-9-19-14-5-7-16(8-6-14)22(25)26/h5-8,13,15,19H,1-4,9-12H2,(H,20,24). The van der Waals surface area contributed by atoms with Crippen molar-refractivity contribution in [3.05, 3.63) is 34.4 Å². The fourth-order valence-corrected chi connectivity index (χ4v) is 3.71. The van der Waals surface area contributed by atoms with Crippen LogP contribution in [0.25, 0.3) is 0 Å². The second-order valence-electron chi connectivity index (χ2n) is 6.91. The highest BCUT2D eigenvalue weighted by atomic mass is 16.6. The lowest BCUT2D eigenvalue weighted by Gasteiger charge is -2.23. The largest absolute Gasteiger partial charge is 0.383 e. The Balaban J connectivity index is 1.39. The Hall–Kier alpha value is -2.64. The van der Waals surface area contributed by atoms with E-state index in [0.29, 0.717) is 32.1 Å². The van der Waals surface area contributed by atoms with Crippen molar-refractivity contribution >= 4 is 23.2 Å². The number of non-ortho nitro benzene ring substituents is 1. The Bertz CT molecular complexity index is 670. The lowest BCUT2D eigenvalue weighted by atomic mass is 10.1. The number of benzene rings is 1. The number of hydrogen-bond donors (Lipinski definition) is 2. The molecule has 0 bridgehead atoms. The number of nitrogens with one attached hydrogen (secondary N) is 2. The molecule has 2 fully saturated rings. The van der Waals surface area contributed by atoms with E-state index < -0.39 is 4.92 Å². The fourth-order valence-electron chi connectivity index (χ4n) is 3.71. The molecule has 0 spiro atoms. The van der Waals surface area contributed by atoms with Crippen molar-refractivity contribution in [2.45, 2.75) is 38.1 Å². The maximum Gasteiger partial charge on any atom is 0.269 e. The number of amides is 2. The molecule has 1 heterocycles. The Morgan fingerprint density at radius 3 is 2.54 bits per heavy atom. The number of carbonyl (C=O) groups is 2. The zero-order chi connectivity index (χ0) is 18.5. The molecule has 1 atom stereocenters. The van der Waals surface area contributed by atoms with Gasteiger partial charge in [0, 0.05) is 49.9 Å². The summed E-state index contributed by atoms with van der Waals surface area (Å²) in [4.78, 5) is 36.5. The molecule has 1 aromatic carbocycles. The third kappa shape index (κ3) is 4.30. The summed E-state index contributed by atoms with van der Waals surface area (Å²) in [6.45, 7) is 1.48. The molecule has 8 heteroatoms. The maximum absolute atomic E-state index is 12.3. The monoisotopic (exact) mass is 360 g/mol. The molecular formula is C18H24N4O4. The Labute approximate surface area is 152 Å². The number of rotatable bonds is 7. The summed E-state index contributed by atoms with van der Waals surface area (Å²) < 4.78 is 0. The van der Waals surface area contributed by atoms with Crippen molar-refractivity contribution in [3.63, 3.8) is 0 Å². The summed E-state index contributed by atoms with van der Waals surface area (Å²) in [5.41, 5.74) is 0.801. The van der Waals surface area contributed by atoms with Gasteiger partial charge in [-0.3, -0.25) is 19.7 Å². The number of hydrogen-bond acceptors (Lipinski definition) is 5. The lowest BCUT2D eigenvalue weighted by molar-refractivity contribution is -0.384. The van der Waals surface area contributed by atoms with Crippen LogP contribution in [0.3, 0.4) is 0 Å². The van der Waals surface area contributed by atoms with Crippen LogP contribution in [0.4, 0.5) is 11.4 Å². The van der Waals surface area contributed by atoms with Gasteiger partial charge in [-0.25, -0.2) is 0 Å². The number of nitro groups is 1. The fraction of sp³-hybridized carbons (Fsp3) is 0.556. The van der Waals surface area contributed by atoms with E-state index in [0.717, 1.165) is 18.5 Å². The quantitative estimate of drug-likeness (QED) is 0.439. The summed E-state index contributed by atoms with van der Waals surface area (Å²) in [5.74, 6) is -0.243. The van der Waals surface area contributed by atoms with E-state index in [1.54, 1.807) is 12.1 Å². The van der Waals surface area contributed by atoms with Gasteiger partial charge in [-0.15, -0.1) is 0 Å². The molecule has 8 nitrogen and oxygen atoms in total. The van der Waals surface area contributed by atoms with Crippen LogP contribution in [0.2, 0.25) is 0 Å². The molecule has 1 aliphatic carbocycles. The van der Waals surface area contributed by atoms with Gasteiger partial charge >= 0.3 is 0 Å². The SMILES string of the molecule is O=C(NCCNc1ccc([N+](=O)[O-])cc1)C1CC(=O)N(C2CCCC2)C1. The molecule has 1 saturated carbocycles. The summed E-state index contributed by atoms with van der Waals surface area (Å²) in [7, 11) is 0. The average Bonchev–Trinajstić information content (AvgIpc) is 3.28. The summed E-state index contributed by atoms with van der Waals surface area (Å²) >= 11 is 0. The van der Waals surface area contributed by atoms with E-state index in [-0.39, 0.29) is 23.4 Å². The Kier molecular flexibility index (Phi) is 5.70. The Morgan fingerprint density at radius 2 is 1.88 bits per heavy atom. The highest BCUT2D eigenvalue weighted by molar-refractivity contribution is 5.89. The number of anilines is 1. The molecule has 2 amide bonds. The zero-order valence-electron chi connectivity index (χ0n) is 14.6. The highest BCUT2D eigenvalue weighted by Gasteiger charge is 2.38. The van der Waals surface area contributed by atoms with E-state index in [2.05, 4.69) is 10.6 Å². The van der Waals surface area contributed by atoms with Gasteiger partial charge in [0.05, 0.1) is 10.8 Å². The van der Waals surface area contributed by atoms with Crippen molar-refractivity contribution in [2.75, 3.05) is 25.0 Å². The Morgan fingerprint density at radius 1 is 1.19 bits per heavy atom. The number of nitro benzene ring substituents is 1. The zero-order valence-corrected chi connectivity index (χ0v) is 14.6. The summed E-state index contributed by atoms with van der Waals surface area (Å²) in [6.07, 6.45) is 4.75. The van der Waals surface area contributed by atoms with E-state index in [4.69, 9.17) is 0 Å². The van der Waals surface area contributed by atoms with Crippen LogP contribution in [0.1, 0.15) is 32.1 Å². The van der Waals surface area contributed by atoms with Crippen molar-refractivity contribution < 1.29 is 14.5 Å². The van der Waals surface area contributed by atoms with Crippen molar-refractivity contribution in [2.24, 2.45) is 5.92 Å². The maximum atomic E-state index is 12.3. The first-order chi connectivity index (χ1) is 12.5. The number of carbonyl (C=O) groups excluding carboxylic acids is 2. The normalized spacial score (nSPS) is 20.4. The van der Waals surface area contributed by atoms with Crippen LogP contribution in [0.5, 0.6) is 0 Å². The first kappa shape index (κ1) is 18.2. The van der Waals surface area contributed by atoms with E-state index in [9.17, 15) is 19.7 Å². The third-order valence-corrected chi connectivity index (χ3v) is 5.13. The number of nitrogens with zero attached hydrogens (tertiary/aromatic N) is 2. The van der Waals surface area contributed by atoms with Gasteiger partial charge in [0.25, 0.3) is 5.69 Å². The van der Waals surface area contributed by atoms with Gasteiger partial charge < -0.3 is 15.5 Å². The van der Waals surface area contributed by atoms with Gasteiger partial charge in [0.2, 0.25) is 11.8 Å². The molecule has 2 N–H and O–H groups in total. The molecule has 140 valence electrons. The van der Waals surface area contributed by atoms with Crippen LogP contribution >= 0.6 is 0 Å². The minimum absolute atomic E-state index is 0.0431. The van der Waals surface area contributed by atoms with E-state index in [1.165, 1.54) is 25.0 Å². The molecule has 1 aromatic rings. The average molecular weight is 360 g/mol. The highest BCUT2D eigenvalue weighted by Crippen LogP contribution is 2.29. The van der Waals surface area contributed by atoms with Crippen LogP contribution in [-0.2, 0) is 9.59 Å². The first-order valence-electron chi connectivity index (χ1n) is 9.10. The lowest BCUT2D eigenvalue weighted by Crippen LogP contribution is -2.38. The van der Waals surface area contributed by atoms with Gasteiger partial charge in [0.15, 0.2) is 0 Å². The molecule has 1 unspecified atom stereocenters. The van der Waals surface area contributed by atoms with Crippen molar-refractivity contribution in [1.82, 2.24) is 10.2 Å². The summed E-state index contributed by atoms with van der Waals surface area (Å²) in [6, 6.07) is 6.46.